The summed E-state index contributed by atoms with van der Waals surface area (Å²) in [5.41, 5.74) is 0.993. The Kier molecular flexibility index (Phi) is 6.08. The lowest BCUT2D eigenvalue weighted by Crippen LogP contribution is -2.35. The van der Waals surface area contributed by atoms with Gasteiger partial charge in [-0.25, -0.2) is 0 Å². The Morgan fingerprint density at radius 2 is 1.79 bits per heavy atom. The van der Waals surface area contributed by atoms with Gasteiger partial charge in [0.2, 0.25) is 0 Å². The molecule has 3 heteroatoms. The molecule has 0 spiro atoms. The van der Waals surface area contributed by atoms with Crippen molar-refractivity contribution >= 4 is 5.78 Å². The normalized spacial score (nSPS) is 23.1. The van der Waals surface area contributed by atoms with E-state index >= 15 is 0 Å². The molecule has 1 aromatic rings. The maximum atomic E-state index is 12.8. The van der Waals surface area contributed by atoms with E-state index in [0.717, 1.165) is 25.2 Å². The van der Waals surface area contributed by atoms with E-state index < -0.39 is 0 Å². The number of ketones is 1. The summed E-state index contributed by atoms with van der Waals surface area (Å²) >= 11 is 0. The van der Waals surface area contributed by atoms with Crippen molar-refractivity contribution in [2.75, 3.05) is 6.61 Å². The molecule has 134 valence electrons. The van der Waals surface area contributed by atoms with Gasteiger partial charge < -0.3 is 10.1 Å². The maximum absolute atomic E-state index is 12.8. The van der Waals surface area contributed by atoms with Crippen LogP contribution in [0.5, 0.6) is 5.75 Å². The Bertz CT molecular complexity index is 547. The molecule has 1 fully saturated rings. The standard InChI is InChI=1S/C21H33NO2/c1-14(2)13-24-18-9-7-17(8-10-18)11-21(20(23)15(3)4)12-19(21)22-16(5)6/h7-10,14-16,19,22H,11-13H2,1-6H3. The molecular formula is C21H33NO2. The van der Waals surface area contributed by atoms with Gasteiger partial charge in [0, 0.05) is 18.0 Å². The van der Waals surface area contributed by atoms with Crippen LogP contribution in [-0.4, -0.2) is 24.5 Å². The minimum atomic E-state index is -0.223. The molecule has 24 heavy (non-hydrogen) atoms. The minimum absolute atomic E-state index is 0.0811. The fraction of sp³-hybridized carbons (Fsp3) is 0.667. The van der Waals surface area contributed by atoms with E-state index in [-0.39, 0.29) is 11.3 Å². The average molecular weight is 332 g/mol. The lowest BCUT2D eigenvalue weighted by molar-refractivity contribution is -0.127. The van der Waals surface area contributed by atoms with Gasteiger partial charge in [-0.05, 0) is 36.5 Å². The molecule has 1 aliphatic rings. The van der Waals surface area contributed by atoms with Crippen LogP contribution in [0.4, 0.5) is 0 Å². The third-order valence-electron chi connectivity index (χ3n) is 4.65. The van der Waals surface area contributed by atoms with Gasteiger partial charge in [0.15, 0.2) is 0 Å². The summed E-state index contributed by atoms with van der Waals surface area (Å²) in [5.74, 6) is 1.90. The molecule has 0 aliphatic heterocycles. The minimum Gasteiger partial charge on any atom is -0.493 e. The summed E-state index contributed by atoms with van der Waals surface area (Å²) < 4.78 is 5.75. The number of hydrogen-bond donors (Lipinski definition) is 1. The van der Waals surface area contributed by atoms with E-state index in [0.29, 0.717) is 23.8 Å². The Balaban J connectivity index is 2.06. The van der Waals surface area contributed by atoms with E-state index in [1.165, 1.54) is 5.56 Å². The molecule has 2 rings (SSSR count). The second-order valence-corrected chi connectivity index (χ2v) is 8.28. The third kappa shape index (κ3) is 4.60. The molecule has 1 aliphatic carbocycles. The highest BCUT2D eigenvalue weighted by Gasteiger charge is 2.59. The number of ether oxygens (including phenoxy) is 1. The summed E-state index contributed by atoms with van der Waals surface area (Å²) in [4.78, 5) is 12.8. The molecule has 1 saturated carbocycles. The molecule has 3 nitrogen and oxygen atoms in total. The van der Waals surface area contributed by atoms with E-state index in [9.17, 15) is 4.79 Å². The van der Waals surface area contributed by atoms with Crippen molar-refractivity contribution in [1.29, 1.82) is 0 Å². The van der Waals surface area contributed by atoms with E-state index in [1.807, 2.05) is 26.0 Å². The quantitative estimate of drug-likeness (QED) is 0.735. The van der Waals surface area contributed by atoms with E-state index in [4.69, 9.17) is 4.74 Å². The number of benzene rings is 1. The zero-order valence-corrected chi connectivity index (χ0v) is 16.1. The van der Waals surface area contributed by atoms with Crippen LogP contribution in [0.2, 0.25) is 0 Å². The summed E-state index contributed by atoms with van der Waals surface area (Å²) in [5, 5.41) is 3.56. The number of Topliss-reactive ketones (excluding diaryl/α,β-unsaturated/α-hetero) is 1. The molecule has 0 amide bonds. The number of rotatable bonds is 9. The first kappa shape index (κ1) is 19.0. The Labute approximate surface area is 147 Å². The highest BCUT2D eigenvalue weighted by molar-refractivity contribution is 5.90. The fourth-order valence-corrected chi connectivity index (χ4v) is 3.39. The van der Waals surface area contributed by atoms with Gasteiger partial charge in [-0.2, -0.15) is 0 Å². The van der Waals surface area contributed by atoms with Crippen LogP contribution in [-0.2, 0) is 11.2 Å². The first-order valence-electron chi connectivity index (χ1n) is 9.26. The zero-order chi connectivity index (χ0) is 17.9. The topological polar surface area (TPSA) is 38.3 Å². The number of carbonyl (C=O) groups excluding carboxylic acids is 1. The summed E-state index contributed by atoms with van der Waals surface area (Å²) in [7, 11) is 0. The van der Waals surface area contributed by atoms with E-state index in [2.05, 4.69) is 45.1 Å². The van der Waals surface area contributed by atoms with Crippen LogP contribution in [0.1, 0.15) is 53.5 Å². The van der Waals surface area contributed by atoms with Gasteiger partial charge in [0.25, 0.3) is 0 Å². The van der Waals surface area contributed by atoms with Gasteiger partial charge in [0.05, 0.1) is 12.0 Å². The highest BCUT2D eigenvalue weighted by Crippen LogP contribution is 2.51. The van der Waals surface area contributed by atoms with Crippen molar-refractivity contribution < 1.29 is 9.53 Å². The SMILES string of the molecule is CC(C)COc1ccc(CC2(C(=O)C(C)C)CC2NC(C)C)cc1. The van der Waals surface area contributed by atoms with Crippen LogP contribution in [0.25, 0.3) is 0 Å². The molecular weight excluding hydrogens is 298 g/mol. The zero-order valence-electron chi connectivity index (χ0n) is 16.1. The summed E-state index contributed by atoms with van der Waals surface area (Å²) in [6.07, 6.45) is 1.77. The van der Waals surface area contributed by atoms with Crippen molar-refractivity contribution in [2.24, 2.45) is 17.3 Å². The van der Waals surface area contributed by atoms with Crippen molar-refractivity contribution in [2.45, 2.75) is 66.5 Å². The molecule has 1 N–H and O–H groups in total. The van der Waals surface area contributed by atoms with Crippen molar-refractivity contribution in [3.63, 3.8) is 0 Å². The maximum Gasteiger partial charge on any atom is 0.143 e. The van der Waals surface area contributed by atoms with Crippen LogP contribution in [0.15, 0.2) is 24.3 Å². The van der Waals surface area contributed by atoms with E-state index in [1.54, 1.807) is 0 Å². The second-order valence-electron chi connectivity index (χ2n) is 8.28. The molecule has 0 heterocycles. The number of nitrogens with one attached hydrogen (secondary N) is 1. The molecule has 0 saturated heterocycles. The largest absolute Gasteiger partial charge is 0.493 e. The number of hydrogen-bond acceptors (Lipinski definition) is 3. The van der Waals surface area contributed by atoms with Crippen molar-refractivity contribution in [3.05, 3.63) is 29.8 Å². The highest BCUT2D eigenvalue weighted by atomic mass is 16.5. The van der Waals surface area contributed by atoms with Gasteiger partial charge >= 0.3 is 0 Å². The van der Waals surface area contributed by atoms with Crippen LogP contribution in [0.3, 0.4) is 0 Å². The lowest BCUT2D eigenvalue weighted by atomic mass is 9.85. The van der Waals surface area contributed by atoms with Crippen molar-refractivity contribution in [1.82, 2.24) is 5.32 Å². The van der Waals surface area contributed by atoms with Gasteiger partial charge in [-0.1, -0.05) is 53.7 Å². The smallest absolute Gasteiger partial charge is 0.143 e. The first-order valence-corrected chi connectivity index (χ1v) is 9.26. The third-order valence-corrected chi connectivity index (χ3v) is 4.65. The summed E-state index contributed by atoms with van der Waals surface area (Å²) in [6, 6.07) is 8.98. The Morgan fingerprint density at radius 3 is 2.29 bits per heavy atom. The lowest BCUT2D eigenvalue weighted by Gasteiger charge is -2.20. The monoisotopic (exact) mass is 331 g/mol. The average Bonchev–Trinajstić information content (AvgIpc) is 3.18. The molecule has 0 bridgehead atoms. The van der Waals surface area contributed by atoms with Gasteiger partial charge in [-0.3, -0.25) is 4.79 Å². The predicted octanol–water partition coefficient (Wildman–Crippen LogP) is 4.25. The predicted molar refractivity (Wildman–Crippen MR) is 99.4 cm³/mol. The molecule has 0 aromatic heterocycles. The van der Waals surface area contributed by atoms with Crippen LogP contribution >= 0.6 is 0 Å². The van der Waals surface area contributed by atoms with Gasteiger partial charge in [0.1, 0.15) is 11.5 Å². The molecule has 1 aromatic carbocycles. The molecule has 2 unspecified atom stereocenters. The first-order chi connectivity index (χ1) is 11.2. The van der Waals surface area contributed by atoms with Crippen LogP contribution < -0.4 is 10.1 Å². The second kappa shape index (κ2) is 7.69. The molecule has 0 radical (unpaired) electrons. The fourth-order valence-electron chi connectivity index (χ4n) is 3.39. The number of carbonyl (C=O) groups is 1. The molecule has 2 atom stereocenters. The summed E-state index contributed by atoms with van der Waals surface area (Å²) in [6.45, 7) is 13.3. The van der Waals surface area contributed by atoms with Gasteiger partial charge in [-0.15, -0.1) is 0 Å². The Morgan fingerprint density at radius 1 is 1.17 bits per heavy atom. The van der Waals surface area contributed by atoms with Crippen molar-refractivity contribution in [3.8, 4) is 5.75 Å². The van der Waals surface area contributed by atoms with Crippen LogP contribution in [0, 0.1) is 17.3 Å². The Hall–Kier alpha value is -1.35.